The van der Waals surface area contributed by atoms with Gasteiger partial charge in [-0.3, -0.25) is 4.99 Å². The molecule has 0 saturated heterocycles. The number of hydrogen-bond donors (Lipinski definition) is 1. The van der Waals surface area contributed by atoms with Gasteiger partial charge in [0.1, 0.15) is 0 Å². The Labute approximate surface area is 183 Å². The Morgan fingerprint density at radius 2 is 1.84 bits per heavy atom. The average Bonchev–Trinajstić information content (AvgIpc) is 2.94. The third-order valence-electron chi connectivity index (χ3n) is 4.78. The molecular weight excluding hydrogens is 463 g/mol. The van der Waals surface area contributed by atoms with Crippen LogP contribution in [0.1, 0.15) is 4.88 Å². The molecular formula is C21H12F3N3O3S2. The topological polar surface area (TPSA) is 80.7 Å². The highest BCUT2D eigenvalue weighted by atomic mass is 32.2. The fraction of sp³-hybridized carbons (Fsp3) is 0.0476. The van der Waals surface area contributed by atoms with Crippen LogP contribution in [0.15, 0.2) is 65.9 Å². The van der Waals surface area contributed by atoms with Gasteiger partial charge in [0, 0.05) is 39.7 Å². The first-order chi connectivity index (χ1) is 15.2. The van der Waals surface area contributed by atoms with E-state index in [1.54, 1.807) is 54.2 Å². The van der Waals surface area contributed by atoms with Gasteiger partial charge < -0.3 is 9.50 Å². The Morgan fingerprint density at radius 3 is 2.66 bits per heavy atom. The van der Waals surface area contributed by atoms with Crippen molar-refractivity contribution in [3.63, 3.8) is 0 Å². The number of hydrogen-bond acceptors (Lipinski definition) is 7. The van der Waals surface area contributed by atoms with Gasteiger partial charge in [0.15, 0.2) is 5.75 Å². The maximum Gasteiger partial charge on any atom is 0.534 e. The zero-order valence-corrected chi connectivity index (χ0v) is 17.6. The summed E-state index contributed by atoms with van der Waals surface area (Å²) in [5.41, 5.74) is -3.65. The first-order valence-corrected chi connectivity index (χ1v) is 11.4. The second-order valence-electron chi connectivity index (χ2n) is 6.76. The van der Waals surface area contributed by atoms with Crippen LogP contribution in [0.2, 0.25) is 0 Å². The Kier molecular flexibility index (Phi) is 4.68. The van der Waals surface area contributed by atoms with Crippen LogP contribution < -0.4 is 9.50 Å². The van der Waals surface area contributed by atoms with Gasteiger partial charge in [0.25, 0.3) is 0 Å². The van der Waals surface area contributed by atoms with Crippen LogP contribution in [0.3, 0.4) is 0 Å². The Bertz CT molecular complexity index is 1540. The average molecular weight is 475 g/mol. The van der Waals surface area contributed by atoms with Gasteiger partial charge in [0.2, 0.25) is 0 Å². The Balaban J connectivity index is 1.64. The molecule has 4 aromatic rings. The van der Waals surface area contributed by atoms with E-state index in [0.717, 1.165) is 32.1 Å². The third-order valence-corrected chi connectivity index (χ3v) is 6.83. The van der Waals surface area contributed by atoms with E-state index in [0.29, 0.717) is 5.52 Å². The largest absolute Gasteiger partial charge is 0.534 e. The lowest BCUT2D eigenvalue weighted by molar-refractivity contribution is -0.0499. The number of aromatic nitrogens is 1. The molecule has 1 aliphatic heterocycles. The van der Waals surface area contributed by atoms with E-state index in [4.69, 9.17) is 0 Å². The van der Waals surface area contributed by atoms with Crippen molar-refractivity contribution in [2.45, 2.75) is 5.51 Å². The standard InChI is InChI=1S/C21H12F3N3O3S2/c22-21(23,24)32(28,29)30-16-4-2-1-3-12(16)14-6-5-13-15(27-14)7-8-17-19(13)20-18(31-17)11-25-9-10-26-20/h1-11,26H. The van der Waals surface area contributed by atoms with Gasteiger partial charge in [-0.15, -0.1) is 11.3 Å². The lowest BCUT2D eigenvalue weighted by Crippen LogP contribution is -2.28. The second-order valence-corrected chi connectivity index (χ2v) is 9.38. The van der Waals surface area contributed by atoms with Crippen molar-refractivity contribution in [1.29, 1.82) is 0 Å². The minimum Gasteiger partial charge on any atom is -0.375 e. The minimum atomic E-state index is -5.81. The number of thiophene rings is 1. The molecule has 6 nitrogen and oxygen atoms in total. The van der Waals surface area contributed by atoms with Crippen molar-refractivity contribution in [3.05, 3.63) is 65.8 Å². The monoisotopic (exact) mass is 475 g/mol. The quantitative estimate of drug-likeness (QED) is 0.306. The molecule has 0 atom stereocenters. The summed E-state index contributed by atoms with van der Waals surface area (Å²) < 4.78 is 66.8. The van der Waals surface area contributed by atoms with Gasteiger partial charge in [-0.1, -0.05) is 12.1 Å². The number of nitrogens with zero attached hydrogens (tertiary/aromatic N) is 2. The van der Waals surface area contributed by atoms with Crippen molar-refractivity contribution < 1.29 is 25.8 Å². The van der Waals surface area contributed by atoms with Crippen LogP contribution >= 0.6 is 11.3 Å². The van der Waals surface area contributed by atoms with Gasteiger partial charge >= 0.3 is 15.6 Å². The summed E-state index contributed by atoms with van der Waals surface area (Å²) in [7, 11) is -5.81. The summed E-state index contributed by atoms with van der Waals surface area (Å²) in [6, 6.07) is 12.7. The number of para-hydroxylation sites is 1. The zero-order chi connectivity index (χ0) is 22.5. The van der Waals surface area contributed by atoms with Crippen molar-refractivity contribution in [2.75, 3.05) is 5.32 Å². The van der Waals surface area contributed by atoms with E-state index in [1.165, 1.54) is 12.1 Å². The summed E-state index contributed by atoms with van der Waals surface area (Å²) in [5, 5.41) is 5.00. The molecule has 0 saturated carbocycles. The number of aliphatic imine (C=N–C) groups is 1. The molecule has 2 aromatic carbocycles. The molecule has 2 aromatic heterocycles. The molecule has 0 unspecified atom stereocenters. The van der Waals surface area contributed by atoms with Crippen molar-refractivity contribution in [2.24, 2.45) is 4.99 Å². The molecule has 0 aliphatic carbocycles. The fourth-order valence-corrected chi connectivity index (χ4v) is 4.93. The molecule has 0 radical (unpaired) electrons. The molecule has 1 aliphatic rings. The van der Waals surface area contributed by atoms with Crippen LogP contribution in [-0.4, -0.2) is 25.1 Å². The van der Waals surface area contributed by atoms with Gasteiger partial charge in [-0.05, 0) is 36.4 Å². The van der Waals surface area contributed by atoms with Crippen molar-refractivity contribution in [3.8, 4) is 17.0 Å². The summed E-state index contributed by atoms with van der Waals surface area (Å²) in [6.45, 7) is 0. The summed E-state index contributed by atoms with van der Waals surface area (Å²) >= 11 is 1.57. The number of alkyl halides is 3. The number of benzene rings is 2. The number of anilines is 1. The molecule has 162 valence electrons. The van der Waals surface area contributed by atoms with Crippen molar-refractivity contribution >= 4 is 54.3 Å². The van der Waals surface area contributed by atoms with E-state index in [-0.39, 0.29) is 11.3 Å². The Morgan fingerprint density at radius 1 is 1.03 bits per heavy atom. The molecule has 3 heterocycles. The normalized spacial score (nSPS) is 13.7. The first kappa shape index (κ1) is 20.5. The number of pyridine rings is 1. The Hall–Kier alpha value is -3.44. The predicted molar refractivity (Wildman–Crippen MR) is 119 cm³/mol. The van der Waals surface area contributed by atoms with Gasteiger partial charge in [0.05, 0.1) is 21.8 Å². The van der Waals surface area contributed by atoms with E-state index in [9.17, 15) is 21.6 Å². The van der Waals surface area contributed by atoms with E-state index >= 15 is 0 Å². The van der Waals surface area contributed by atoms with Gasteiger partial charge in [-0.2, -0.15) is 21.6 Å². The highest BCUT2D eigenvalue weighted by Crippen LogP contribution is 2.41. The highest BCUT2D eigenvalue weighted by molar-refractivity contribution is 7.88. The molecule has 0 fully saturated rings. The number of fused-ring (bicyclic) bond motifs is 5. The van der Waals surface area contributed by atoms with Crippen LogP contribution in [0.25, 0.3) is 32.2 Å². The molecule has 11 heteroatoms. The van der Waals surface area contributed by atoms with Crippen LogP contribution in [0.5, 0.6) is 5.75 Å². The summed E-state index contributed by atoms with van der Waals surface area (Å²) in [4.78, 5) is 9.71. The van der Waals surface area contributed by atoms with Crippen LogP contribution in [-0.2, 0) is 10.1 Å². The molecule has 0 bridgehead atoms. The molecule has 0 spiro atoms. The smallest absolute Gasteiger partial charge is 0.375 e. The highest BCUT2D eigenvalue weighted by Gasteiger charge is 2.48. The van der Waals surface area contributed by atoms with Crippen LogP contribution in [0, 0.1) is 0 Å². The fourth-order valence-electron chi connectivity index (χ4n) is 3.39. The first-order valence-electron chi connectivity index (χ1n) is 9.16. The predicted octanol–water partition coefficient (Wildman–Crippen LogP) is 5.66. The molecule has 32 heavy (non-hydrogen) atoms. The molecule has 0 amide bonds. The molecule has 1 N–H and O–H groups in total. The summed E-state index contributed by atoms with van der Waals surface area (Å²) in [5.74, 6) is -0.454. The minimum absolute atomic E-state index is 0.125. The number of nitrogens with one attached hydrogen (secondary N) is 1. The lowest BCUT2D eigenvalue weighted by Gasteiger charge is -2.13. The third kappa shape index (κ3) is 3.39. The maximum absolute atomic E-state index is 12.8. The lowest BCUT2D eigenvalue weighted by atomic mass is 10.1. The van der Waals surface area contributed by atoms with E-state index in [1.807, 2.05) is 6.07 Å². The van der Waals surface area contributed by atoms with Crippen molar-refractivity contribution in [1.82, 2.24) is 4.98 Å². The molecule has 5 rings (SSSR count). The SMILES string of the molecule is O=S(=O)(Oc1ccccc1-c1ccc2c(ccc3sc4c(c32)NC=CN=C4)n1)C(F)(F)F. The maximum atomic E-state index is 12.8. The number of halogens is 3. The summed E-state index contributed by atoms with van der Waals surface area (Å²) in [6.07, 6.45) is 5.13. The number of rotatable bonds is 3. The van der Waals surface area contributed by atoms with E-state index < -0.39 is 21.4 Å². The van der Waals surface area contributed by atoms with Crippen LogP contribution in [0.4, 0.5) is 18.9 Å². The second kappa shape index (κ2) is 7.31. The van der Waals surface area contributed by atoms with Gasteiger partial charge in [-0.25, -0.2) is 4.98 Å². The van der Waals surface area contributed by atoms with E-state index in [2.05, 4.69) is 19.5 Å². The zero-order valence-electron chi connectivity index (χ0n) is 15.9.